The van der Waals surface area contributed by atoms with Crippen molar-refractivity contribution in [3.8, 4) is 0 Å². The van der Waals surface area contributed by atoms with Crippen LogP contribution in [-0.4, -0.2) is 47.6 Å². The van der Waals surface area contributed by atoms with Crippen molar-refractivity contribution < 1.29 is 19.4 Å². The van der Waals surface area contributed by atoms with Crippen LogP contribution >= 0.6 is 0 Å². The molecule has 2 aliphatic rings. The Morgan fingerprint density at radius 3 is 2.54 bits per heavy atom. The van der Waals surface area contributed by atoms with E-state index in [-0.39, 0.29) is 24.3 Å². The molecule has 1 aromatic carbocycles. The summed E-state index contributed by atoms with van der Waals surface area (Å²) in [6.07, 6.45) is 4.56. The molecule has 2 N–H and O–H groups in total. The highest BCUT2D eigenvalue weighted by molar-refractivity contribution is 5.92. The molecule has 2 fully saturated rings. The van der Waals surface area contributed by atoms with Gasteiger partial charge in [0, 0.05) is 18.2 Å². The van der Waals surface area contributed by atoms with Gasteiger partial charge in [-0.25, -0.2) is 0 Å². The average molecular weight is 389 g/mol. The first-order valence-electron chi connectivity index (χ1n) is 10.4. The molecule has 1 aliphatic carbocycles. The molecular weight excluding hydrogens is 356 g/mol. The molecule has 0 spiro atoms. The summed E-state index contributed by atoms with van der Waals surface area (Å²) in [5.41, 5.74) is 1.45. The molecule has 0 bridgehead atoms. The van der Waals surface area contributed by atoms with Gasteiger partial charge in [0.2, 0.25) is 11.8 Å². The molecule has 6 heteroatoms. The number of nitrogens with one attached hydrogen (secondary N) is 1. The van der Waals surface area contributed by atoms with Gasteiger partial charge in [0.05, 0.1) is 12.6 Å². The number of anilines is 1. The van der Waals surface area contributed by atoms with Gasteiger partial charge >= 0.3 is 0 Å². The predicted molar refractivity (Wildman–Crippen MR) is 108 cm³/mol. The number of aliphatic hydroxyl groups excluding tert-OH is 1. The molecule has 154 valence electrons. The summed E-state index contributed by atoms with van der Waals surface area (Å²) in [6, 6.07) is 6.86. The van der Waals surface area contributed by atoms with Crippen LogP contribution in [0.4, 0.5) is 5.69 Å². The summed E-state index contributed by atoms with van der Waals surface area (Å²) < 4.78 is 5.38. The van der Waals surface area contributed by atoms with Gasteiger partial charge in [-0.05, 0) is 36.5 Å². The molecule has 3 rings (SSSR count). The maximum atomic E-state index is 12.4. The highest BCUT2D eigenvalue weighted by atomic mass is 16.5. The van der Waals surface area contributed by atoms with E-state index in [0.717, 1.165) is 31.4 Å². The van der Waals surface area contributed by atoms with Crippen molar-refractivity contribution in [2.24, 2.45) is 11.8 Å². The fraction of sp³-hybridized carbons (Fsp3) is 0.636. The molecule has 0 radical (unpaired) electrons. The maximum absolute atomic E-state index is 12.4. The molecule has 28 heavy (non-hydrogen) atoms. The summed E-state index contributed by atoms with van der Waals surface area (Å²) in [5, 5.41) is 13.9. The molecular formula is C22H32N2O4. The van der Waals surface area contributed by atoms with Crippen LogP contribution in [0.15, 0.2) is 24.3 Å². The zero-order chi connectivity index (χ0) is 20.1. The van der Waals surface area contributed by atoms with Gasteiger partial charge in [-0.3, -0.25) is 9.59 Å². The van der Waals surface area contributed by atoms with Crippen molar-refractivity contribution in [3.63, 3.8) is 0 Å². The van der Waals surface area contributed by atoms with E-state index < -0.39 is 12.1 Å². The summed E-state index contributed by atoms with van der Waals surface area (Å²) in [7, 11) is 0. The minimum absolute atomic E-state index is 0.0715. The van der Waals surface area contributed by atoms with E-state index in [2.05, 4.69) is 19.2 Å². The van der Waals surface area contributed by atoms with Crippen molar-refractivity contribution in [2.75, 3.05) is 25.1 Å². The van der Waals surface area contributed by atoms with Crippen LogP contribution < -0.4 is 5.32 Å². The first kappa shape index (κ1) is 20.8. The normalized spacial score (nSPS) is 22.4. The SMILES string of the molecule is CC(C)CN1C(=O)COC[C@@H]1[C@H](O)c1ccc(NC(=O)C2CCCCC2)cc1. The van der Waals surface area contributed by atoms with Gasteiger partial charge < -0.3 is 20.1 Å². The lowest BCUT2D eigenvalue weighted by Gasteiger charge is -2.39. The summed E-state index contributed by atoms with van der Waals surface area (Å²) in [5.74, 6) is 0.422. The number of ether oxygens (including phenoxy) is 1. The quantitative estimate of drug-likeness (QED) is 0.785. The molecule has 1 aliphatic heterocycles. The van der Waals surface area contributed by atoms with E-state index in [4.69, 9.17) is 4.74 Å². The molecule has 2 amide bonds. The van der Waals surface area contributed by atoms with E-state index in [1.807, 2.05) is 24.3 Å². The smallest absolute Gasteiger partial charge is 0.249 e. The summed E-state index contributed by atoms with van der Waals surface area (Å²) >= 11 is 0. The predicted octanol–water partition coefficient (Wildman–Crippen LogP) is 3.12. The zero-order valence-corrected chi connectivity index (χ0v) is 16.9. The second-order valence-electron chi connectivity index (χ2n) is 8.41. The largest absolute Gasteiger partial charge is 0.386 e. The Morgan fingerprint density at radius 2 is 1.89 bits per heavy atom. The Morgan fingerprint density at radius 1 is 1.21 bits per heavy atom. The van der Waals surface area contributed by atoms with E-state index >= 15 is 0 Å². The van der Waals surface area contributed by atoms with Crippen LogP contribution in [0, 0.1) is 11.8 Å². The van der Waals surface area contributed by atoms with Crippen LogP contribution in [0.25, 0.3) is 0 Å². The number of nitrogens with zero attached hydrogens (tertiary/aromatic N) is 1. The zero-order valence-electron chi connectivity index (χ0n) is 16.9. The molecule has 1 aromatic rings. The number of benzene rings is 1. The third-order valence-corrected chi connectivity index (χ3v) is 5.66. The van der Waals surface area contributed by atoms with Crippen molar-refractivity contribution >= 4 is 17.5 Å². The van der Waals surface area contributed by atoms with Crippen LogP contribution in [0.5, 0.6) is 0 Å². The highest BCUT2D eigenvalue weighted by Crippen LogP contribution is 2.27. The monoisotopic (exact) mass is 388 g/mol. The Bertz CT molecular complexity index is 668. The van der Waals surface area contributed by atoms with Gasteiger partial charge in [0.15, 0.2) is 0 Å². The van der Waals surface area contributed by atoms with Crippen LogP contribution in [0.3, 0.4) is 0 Å². The van der Waals surface area contributed by atoms with Gasteiger partial charge in [0.25, 0.3) is 0 Å². The van der Waals surface area contributed by atoms with Crippen LogP contribution in [-0.2, 0) is 14.3 Å². The highest BCUT2D eigenvalue weighted by Gasteiger charge is 2.34. The number of aliphatic hydroxyl groups is 1. The second-order valence-corrected chi connectivity index (χ2v) is 8.41. The van der Waals surface area contributed by atoms with Crippen LogP contribution in [0.1, 0.15) is 57.6 Å². The summed E-state index contributed by atoms with van der Waals surface area (Å²) in [6.45, 7) is 5.09. The Balaban J connectivity index is 1.64. The first-order chi connectivity index (χ1) is 13.5. The van der Waals surface area contributed by atoms with Crippen molar-refractivity contribution in [1.29, 1.82) is 0 Å². The van der Waals surface area contributed by atoms with Crippen LogP contribution in [0.2, 0.25) is 0 Å². The average Bonchev–Trinajstić information content (AvgIpc) is 2.70. The lowest BCUT2D eigenvalue weighted by atomic mass is 9.88. The molecule has 1 saturated carbocycles. The van der Waals surface area contributed by atoms with Crippen molar-refractivity contribution in [2.45, 2.75) is 58.1 Å². The topological polar surface area (TPSA) is 78.9 Å². The van der Waals surface area contributed by atoms with E-state index in [0.29, 0.717) is 24.6 Å². The van der Waals surface area contributed by atoms with Gasteiger partial charge in [0.1, 0.15) is 12.7 Å². The Labute approximate surface area is 167 Å². The standard InChI is InChI=1S/C22H32N2O4/c1-15(2)12-24-19(13-28-14-20(24)25)21(26)16-8-10-18(11-9-16)23-22(27)17-6-4-3-5-7-17/h8-11,15,17,19,21,26H,3-7,12-14H2,1-2H3,(H,23,27)/t19-,21-/m1/s1. The molecule has 1 saturated heterocycles. The Hall–Kier alpha value is -1.92. The number of morpholine rings is 1. The Kier molecular flexibility index (Phi) is 7.08. The fourth-order valence-corrected chi connectivity index (χ4v) is 4.11. The maximum Gasteiger partial charge on any atom is 0.249 e. The van der Waals surface area contributed by atoms with Gasteiger partial charge in [-0.1, -0.05) is 45.2 Å². The number of rotatable bonds is 6. The number of hydrogen-bond acceptors (Lipinski definition) is 4. The molecule has 0 aromatic heterocycles. The summed E-state index contributed by atoms with van der Waals surface area (Å²) in [4.78, 5) is 26.4. The molecule has 2 atom stereocenters. The third kappa shape index (κ3) is 5.11. The number of carbonyl (C=O) groups excluding carboxylic acids is 2. The second kappa shape index (κ2) is 9.52. The fourth-order valence-electron chi connectivity index (χ4n) is 4.11. The third-order valence-electron chi connectivity index (χ3n) is 5.66. The van der Waals surface area contributed by atoms with Crippen molar-refractivity contribution in [3.05, 3.63) is 29.8 Å². The number of amides is 2. The number of hydrogen-bond donors (Lipinski definition) is 2. The minimum Gasteiger partial charge on any atom is -0.386 e. The molecule has 6 nitrogen and oxygen atoms in total. The molecule has 1 heterocycles. The first-order valence-corrected chi connectivity index (χ1v) is 10.4. The van der Waals surface area contributed by atoms with Gasteiger partial charge in [-0.2, -0.15) is 0 Å². The van der Waals surface area contributed by atoms with E-state index in [1.54, 1.807) is 4.90 Å². The lowest BCUT2D eigenvalue weighted by molar-refractivity contribution is -0.155. The minimum atomic E-state index is -0.828. The van der Waals surface area contributed by atoms with Gasteiger partial charge in [-0.15, -0.1) is 0 Å². The number of carbonyl (C=O) groups is 2. The lowest BCUT2D eigenvalue weighted by Crippen LogP contribution is -2.53. The van der Waals surface area contributed by atoms with E-state index in [9.17, 15) is 14.7 Å². The van der Waals surface area contributed by atoms with Crippen molar-refractivity contribution in [1.82, 2.24) is 4.90 Å². The molecule has 0 unspecified atom stereocenters. The van der Waals surface area contributed by atoms with E-state index in [1.165, 1.54) is 6.42 Å².